The van der Waals surface area contributed by atoms with Gasteiger partial charge in [0, 0.05) is 46.4 Å². The molecule has 3 rings (SSSR count). The fourth-order valence-corrected chi connectivity index (χ4v) is 4.38. The number of methoxy groups -OCH3 is 1. The van der Waals surface area contributed by atoms with Crippen LogP contribution >= 0.6 is 0 Å². The molecule has 0 aromatic heterocycles. The molecule has 3 aliphatic heterocycles. The lowest BCUT2D eigenvalue weighted by molar-refractivity contribution is -0.0809. The van der Waals surface area contributed by atoms with Gasteiger partial charge in [0.05, 0.1) is 6.61 Å². The molecule has 3 saturated heterocycles. The molecule has 0 bridgehead atoms. The van der Waals surface area contributed by atoms with Crippen LogP contribution in [0.5, 0.6) is 0 Å². The molecular formula is C21H44FN3O. The maximum atomic E-state index is 14.9. The highest BCUT2D eigenvalue weighted by Crippen LogP contribution is 2.42. The van der Waals surface area contributed by atoms with Gasteiger partial charge in [0.15, 0.2) is 0 Å². The highest BCUT2D eigenvalue weighted by Gasteiger charge is 2.47. The van der Waals surface area contributed by atoms with Gasteiger partial charge in [0.2, 0.25) is 0 Å². The van der Waals surface area contributed by atoms with Crippen molar-refractivity contribution in [2.45, 2.75) is 59.0 Å². The van der Waals surface area contributed by atoms with E-state index in [-0.39, 0.29) is 0 Å². The van der Waals surface area contributed by atoms with E-state index < -0.39 is 5.67 Å². The average Bonchev–Trinajstić information content (AvgIpc) is 2.66. The van der Waals surface area contributed by atoms with Crippen LogP contribution in [0, 0.1) is 5.41 Å². The molecule has 3 aliphatic rings. The minimum atomic E-state index is -0.937. The second kappa shape index (κ2) is 11.6. The van der Waals surface area contributed by atoms with E-state index in [1.54, 1.807) is 7.11 Å². The van der Waals surface area contributed by atoms with Crippen LogP contribution in [0.4, 0.5) is 4.39 Å². The van der Waals surface area contributed by atoms with Gasteiger partial charge in [-0.05, 0) is 51.2 Å². The fourth-order valence-electron chi connectivity index (χ4n) is 4.38. The van der Waals surface area contributed by atoms with Gasteiger partial charge in [-0.2, -0.15) is 0 Å². The summed E-state index contributed by atoms with van der Waals surface area (Å²) in [5, 5.41) is 0. The normalized spacial score (nSPS) is 25.5. The molecule has 5 heteroatoms. The summed E-state index contributed by atoms with van der Waals surface area (Å²) in [6.45, 7) is 17.0. The Hall–Kier alpha value is -0.230. The molecule has 156 valence electrons. The number of hydrogen-bond acceptors (Lipinski definition) is 4. The molecule has 0 aliphatic carbocycles. The molecule has 0 amide bonds. The number of halogens is 1. The Balaban J connectivity index is 0.000000791. The Morgan fingerprint density at radius 1 is 0.846 bits per heavy atom. The molecule has 0 saturated carbocycles. The van der Waals surface area contributed by atoms with Crippen molar-refractivity contribution in [3.8, 4) is 0 Å². The zero-order valence-corrected chi connectivity index (χ0v) is 18.3. The quantitative estimate of drug-likeness (QED) is 0.734. The van der Waals surface area contributed by atoms with Crippen molar-refractivity contribution in [2.24, 2.45) is 5.41 Å². The largest absolute Gasteiger partial charge is 0.383 e. The van der Waals surface area contributed by atoms with Gasteiger partial charge in [-0.25, -0.2) is 4.39 Å². The van der Waals surface area contributed by atoms with Crippen LogP contribution in [0.3, 0.4) is 0 Å². The zero-order valence-electron chi connectivity index (χ0n) is 18.3. The first-order valence-corrected chi connectivity index (χ1v) is 10.8. The highest BCUT2D eigenvalue weighted by molar-refractivity contribution is 5.01. The first-order chi connectivity index (χ1) is 12.5. The summed E-state index contributed by atoms with van der Waals surface area (Å²) >= 11 is 0. The van der Waals surface area contributed by atoms with Gasteiger partial charge in [0.25, 0.3) is 0 Å². The molecule has 0 unspecified atom stereocenters. The lowest BCUT2D eigenvalue weighted by atomic mass is 9.71. The number of piperidine rings is 2. The van der Waals surface area contributed by atoms with Crippen molar-refractivity contribution in [3.63, 3.8) is 0 Å². The van der Waals surface area contributed by atoms with E-state index >= 15 is 0 Å². The van der Waals surface area contributed by atoms with E-state index in [4.69, 9.17) is 4.74 Å². The number of ether oxygens (including phenoxy) is 1. The van der Waals surface area contributed by atoms with Crippen molar-refractivity contribution < 1.29 is 9.13 Å². The van der Waals surface area contributed by atoms with E-state index in [0.717, 1.165) is 39.3 Å². The SMILES string of the molecule is CC.CC.COCCN1CCC2(CC1)CN(CC1(F)CCN(C)CC1)C2. The summed E-state index contributed by atoms with van der Waals surface area (Å²) in [7, 11) is 3.86. The molecule has 4 nitrogen and oxygen atoms in total. The van der Waals surface area contributed by atoms with Crippen molar-refractivity contribution in [2.75, 3.05) is 73.1 Å². The van der Waals surface area contributed by atoms with Crippen LogP contribution in [0.1, 0.15) is 53.4 Å². The molecule has 1 spiro atoms. The number of alkyl halides is 1. The third-order valence-corrected chi connectivity index (χ3v) is 6.04. The van der Waals surface area contributed by atoms with Crippen LogP contribution in [0.15, 0.2) is 0 Å². The minimum absolute atomic E-state index is 0.491. The number of likely N-dealkylation sites (tertiary alicyclic amines) is 3. The summed E-state index contributed by atoms with van der Waals surface area (Å²) in [5.74, 6) is 0. The fraction of sp³-hybridized carbons (Fsp3) is 1.00. The summed E-state index contributed by atoms with van der Waals surface area (Å²) in [5.41, 5.74) is -0.446. The molecule has 0 aromatic rings. The van der Waals surface area contributed by atoms with Gasteiger partial charge >= 0.3 is 0 Å². The predicted octanol–water partition coefficient (Wildman–Crippen LogP) is 3.52. The molecule has 0 radical (unpaired) electrons. The Labute approximate surface area is 162 Å². The van der Waals surface area contributed by atoms with Crippen molar-refractivity contribution in [1.29, 1.82) is 0 Å². The summed E-state index contributed by atoms with van der Waals surface area (Å²) in [6.07, 6.45) is 3.96. The third-order valence-electron chi connectivity index (χ3n) is 6.04. The summed E-state index contributed by atoms with van der Waals surface area (Å²) in [6, 6.07) is 0. The second-order valence-electron chi connectivity index (χ2n) is 7.93. The van der Waals surface area contributed by atoms with Crippen molar-refractivity contribution >= 4 is 0 Å². The van der Waals surface area contributed by atoms with E-state index in [1.165, 1.54) is 25.9 Å². The molecule has 3 heterocycles. The topological polar surface area (TPSA) is 19.0 Å². The number of rotatable bonds is 5. The minimum Gasteiger partial charge on any atom is -0.383 e. The van der Waals surface area contributed by atoms with Gasteiger partial charge in [-0.15, -0.1) is 0 Å². The van der Waals surface area contributed by atoms with Gasteiger partial charge in [-0.1, -0.05) is 27.7 Å². The van der Waals surface area contributed by atoms with Crippen LogP contribution in [-0.2, 0) is 4.74 Å². The Morgan fingerprint density at radius 3 is 1.88 bits per heavy atom. The van der Waals surface area contributed by atoms with Gasteiger partial charge in [-0.3, -0.25) is 4.90 Å². The number of hydrogen-bond donors (Lipinski definition) is 0. The lowest BCUT2D eigenvalue weighted by Gasteiger charge is -2.55. The summed E-state index contributed by atoms with van der Waals surface area (Å²) in [4.78, 5) is 7.12. The zero-order chi connectivity index (χ0) is 19.6. The van der Waals surface area contributed by atoms with Crippen LogP contribution in [0.25, 0.3) is 0 Å². The lowest BCUT2D eigenvalue weighted by Crippen LogP contribution is -2.63. The van der Waals surface area contributed by atoms with Crippen LogP contribution in [-0.4, -0.2) is 93.5 Å². The molecule has 3 fully saturated rings. The molecule has 26 heavy (non-hydrogen) atoms. The van der Waals surface area contributed by atoms with Crippen molar-refractivity contribution in [3.05, 3.63) is 0 Å². The Morgan fingerprint density at radius 2 is 1.38 bits per heavy atom. The van der Waals surface area contributed by atoms with Crippen LogP contribution in [0.2, 0.25) is 0 Å². The smallest absolute Gasteiger partial charge is 0.126 e. The standard InChI is InChI=1S/C17H32FN3O.2C2H6/c1-19-7-5-17(18,6-8-19)15-21-13-16(14-21)3-9-20(10-4-16)11-12-22-2;2*1-2/h3-15H2,1-2H3;2*1-2H3. The molecule has 0 atom stereocenters. The average molecular weight is 374 g/mol. The van der Waals surface area contributed by atoms with E-state index in [0.29, 0.717) is 24.8 Å². The monoisotopic (exact) mass is 373 g/mol. The van der Waals surface area contributed by atoms with E-state index in [2.05, 4.69) is 21.7 Å². The summed E-state index contributed by atoms with van der Waals surface area (Å²) < 4.78 is 20.0. The van der Waals surface area contributed by atoms with E-state index in [9.17, 15) is 4.39 Å². The second-order valence-corrected chi connectivity index (χ2v) is 7.93. The Kier molecular flexibility index (Phi) is 10.6. The molecule has 0 N–H and O–H groups in total. The van der Waals surface area contributed by atoms with Crippen LogP contribution < -0.4 is 0 Å². The maximum Gasteiger partial charge on any atom is 0.126 e. The predicted molar refractivity (Wildman–Crippen MR) is 110 cm³/mol. The Bertz CT molecular complexity index is 356. The number of nitrogens with zero attached hydrogens (tertiary/aromatic N) is 3. The first kappa shape index (κ1) is 23.8. The molecular weight excluding hydrogens is 329 g/mol. The highest BCUT2D eigenvalue weighted by atomic mass is 19.1. The first-order valence-electron chi connectivity index (χ1n) is 10.8. The van der Waals surface area contributed by atoms with E-state index in [1.807, 2.05) is 27.7 Å². The maximum absolute atomic E-state index is 14.9. The van der Waals surface area contributed by atoms with Gasteiger partial charge < -0.3 is 14.5 Å². The van der Waals surface area contributed by atoms with Crippen molar-refractivity contribution in [1.82, 2.24) is 14.7 Å². The third kappa shape index (κ3) is 6.74. The van der Waals surface area contributed by atoms with Gasteiger partial charge in [0.1, 0.15) is 5.67 Å². The molecule has 0 aromatic carbocycles.